The first kappa shape index (κ1) is 15.5. The molecule has 1 atom stereocenters. The van der Waals surface area contributed by atoms with Crippen LogP contribution in [0.1, 0.15) is 27.6 Å². The molecule has 1 amide bonds. The summed E-state index contributed by atoms with van der Waals surface area (Å²) in [6.07, 6.45) is 2.74. The Bertz CT molecular complexity index is 755. The van der Waals surface area contributed by atoms with E-state index in [1.54, 1.807) is 23.1 Å². The van der Waals surface area contributed by atoms with Crippen molar-refractivity contribution in [3.8, 4) is 6.07 Å². The topological polar surface area (TPSA) is 66.2 Å². The van der Waals surface area contributed by atoms with Crippen molar-refractivity contribution < 1.29 is 9.53 Å². The molecule has 23 heavy (non-hydrogen) atoms. The number of halogens is 1. The average molecular weight is 328 g/mol. The molecule has 1 aliphatic heterocycles. The van der Waals surface area contributed by atoms with E-state index < -0.39 is 0 Å². The van der Waals surface area contributed by atoms with Gasteiger partial charge in [-0.15, -0.1) is 0 Å². The van der Waals surface area contributed by atoms with E-state index in [2.05, 4.69) is 4.98 Å². The van der Waals surface area contributed by atoms with Crippen molar-refractivity contribution in [1.29, 1.82) is 5.26 Å². The Kier molecular flexibility index (Phi) is 4.56. The first-order chi connectivity index (χ1) is 11.2. The van der Waals surface area contributed by atoms with Gasteiger partial charge in [0.2, 0.25) is 0 Å². The number of rotatable bonds is 2. The fraction of sp³-hybridized carbons (Fsp3) is 0.235. The van der Waals surface area contributed by atoms with Crippen LogP contribution in [0.5, 0.6) is 0 Å². The van der Waals surface area contributed by atoms with Gasteiger partial charge in [-0.2, -0.15) is 5.26 Å². The van der Waals surface area contributed by atoms with Gasteiger partial charge in [0.05, 0.1) is 24.3 Å². The quantitative estimate of drug-likeness (QED) is 0.850. The molecule has 1 fully saturated rings. The summed E-state index contributed by atoms with van der Waals surface area (Å²) in [7, 11) is 0. The van der Waals surface area contributed by atoms with Crippen molar-refractivity contribution in [2.24, 2.45) is 0 Å². The molecule has 0 unspecified atom stereocenters. The van der Waals surface area contributed by atoms with Gasteiger partial charge in [-0.25, -0.2) is 0 Å². The molecule has 2 aromatic rings. The van der Waals surface area contributed by atoms with Crippen LogP contribution >= 0.6 is 11.6 Å². The number of nitriles is 1. The van der Waals surface area contributed by atoms with Gasteiger partial charge in [0.1, 0.15) is 12.2 Å². The van der Waals surface area contributed by atoms with Crippen LogP contribution in [0.4, 0.5) is 0 Å². The standard InChI is InChI=1S/C17H14ClN3O2/c18-14-3-1-12(2-4-14)16-11-21(7-8-23-16)17(22)15-10-20-6-5-13(15)9-19/h1-6,10,16H,7-8,11H2/t16-/m1/s1. The molecule has 0 aliphatic carbocycles. The maximum absolute atomic E-state index is 12.7. The lowest BCUT2D eigenvalue weighted by Gasteiger charge is -2.33. The maximum Gasteiger partial charge on any atom is 0.256 e. The van der Waals surface area contributed by atoms with E-state index in [0.717, 1.165) is 5.56 Å². The molecule has 1 aliphatic rings. The molecule has 5 nitrogen and oxygen atoms in total. The van der Waals surface area contributed by atoms with Crippen molar-refractivity contribution in [1.82, 2.24) is 9.88 Å². The molecule has 2 heterocycles. The molecular formula is C17H14ClN3O2. The number of pyridine rings is 1. The Morgan fingerprint density at radius 3 is 2.87 bits per heavy atom. The van der Waals surface area contributed by atoms with Crippen LogP contribution in [-0.4, -0.2) is 35.5 Å². The van der Waals surface area contributed by atoms with Gasteiger partial charge in [-0.1, -0.05) is 23.7 Å². The summed E-state index contributed by atoms with van der Waals surface area (Å²) < 4.78 is 5.76. The number of hydrogen-bond acceptors (Lipinski definition) is 4. The van der Waals surface area contributed by atoms with Gasteiger partial charge >= 0.3 is 0 Å². The van der Waals surface area contributed by atoms with E-state index >= 15 is 0 Å². The number of carbonyl (C=O) groups is 1. The minimum absolute atomic E-state index is 0.197. The fourth-order valence-electron chi connectivity index (χ4n) is 2.55. The van der Waals surface area contributed by atoms with E-state index in [1.165, 1.54) is 12.4 Å². The molecule has 0 spiro atoms. The molecular weight excluding hydrogens is 314 g/mol. The normalized spacial score (nSPS) is 17.6. The minimum Gasteiger partial charge on any atom is -0.370 e. The minimum atomic E-state index is -0.202. The van der Waals surface area contributed by atoms with Crippen LogP contribution in [0.3, 0.4) is 0 Å². The largest absolute Gasteiger partial charge is 0.370 e. The third-order valence-electron chi connectivity index (χ3n) is 3.77. The summed E-state index contributed by atoms with van der Waals surface area (Å²) in [6.45, 7) is 1.37. The first-order valence-corrected chi connectivity index (χ1v) is 7.57. The number of carbonyl (C=O) groups excluding carboxylic acids is 1. The monoisotopic (exact) mass is 327 g/mol. The van der Waals surface area contributed by atoms with E-state index in [-0.39, 0.29) is 12.0 Å². The van der Waals surface area contributed by atoms with E-state index in [4.69, 9.17) is 21.6 Å². The van der Waals surface area contributed by atoms with Crippen LogP contribution in [0, 0.1) is 11.3 Å². The summed E-state index contributed by atoms with van der Waals surface area (Å²) in [5.74, 6) is -0.197. The predicted octanol–water partition coefficient (Wildman–Crippen LogP) is 2.82. The summed E-state index contributed by atoms with van der Waals surface area (Å²) >= 11 is 5.90. The third-order valence-corrected chi connectivity index (χ3v) is 4.02. The van der Waals surface area contributed by atoms with Crippen LogP contribution in [0.25, 0.3) is 0 Å². The molecule has 1 saturated heterocycles. The fourth-order valence-corrected chi connectivity index (χ4v) is 2.67. The Labute approximate surface area is 139 Å². The summed E-state index contributed by atoms with van der Waals surface area (Å²) in [5, 5.41) is 9.79. The van der Waals surface area contributed by atoms with Crippen molar-refractivity contribution in [3.05, 3.63) is 64.4 Å². The van der Waals surface area contributed by atoms with E-state index in [0.29, 0.717) is 35.8 Å². The molecule has 3 rings (SSSR count). The second kappa shape index (κ2) is 6.78. The molecule has 116 valence electrons. The number of amides is 1. The average Bonchev–Trinajstić information content (AvgIpc) is 2.62. The van der Waals surface area contributed by atoms with Gasteiger partial charge in [0.25, 0.3) is 5.91 Å². The number of benzene rings is 1. The maximum atomic E-state index is 12.7. The predicted molar refractivity (Wildman–Crippen MR) is 85.0 cm³/mol. The molecule has 0 saturated carbocycles. The van der Waals surface area contributed by atoms with Crippen molar-refractivity contribution in [3.63, 3.8) is 0 Å². The molecule has 0 bridgehead atoms. The summed E-state index contributed by atoms with van der Waals surface area (Å²) in [4.78, 5) is 18.3. The lowest BCUT2D eigenvalue weighted by atomic mass is 10.1. The third kappa shape index (κ3) is 3.34. The van der Waals surface area contributed by atoms with Crippen LogP contribution in [-0.2, 0) is 4.74 Å². The Hall–Kier alpha value is -2.42. The second-order valence-electron chi connectivity index (χ2n) is 5.20. The Morgan fingerprint density at radius 1 is 1.35 bits per heavy atom. The van der Waals surface area contributed by atoms with Crippen molar-refractivity contribution in [2.45, 2.75) is 6.10 Å². The highest BCUT2D eigenvalue weighted by Gasteiger charge is 2.27. The first-order valence-electron chi connectivity index (χ1n) is 7.19. The lowest BCUT2D eigenvalue weighted by Crippen LogP contribution is -2.42. The summed E-state index contributed by atoms with van der Waals surface area (Å²) in [6, 6.07) is 11.0. The SMILES string of the molecule is N#Cc1ccncc1C(=O)N1CCO[C@@H](c2ccc(Cl)cc2)C1. The number of nitrogens with zero attached hydrogens (tertiary/aromatic N) is 3. The number of ether oxygens (including phenoxy) is 1. The zero-order valence-corrected chi connectivity index (χ0v) is 13.0. The van der Waals surface area contributed by atoms with Gasteiger partial charge in [-0.3, -0.25) is 9.78 Å². The van der Waals surface area contributed by atoms with Gasteiger partial charge < -0.3 is 9.64 Å². The lowest BCUT2D eigenvalue weighted by molar-refractivity contribution is -0.0228. The second-order valence-corrected chi connectivity index (χ2v) is 5.63. The Morgan fingerprint density at radius 2 is 2.13 bits per heavy atom. The van der Waals surface area contributed by atoms with Crippen LogP contribution < -0.4 is 0 Å². The highest BCUT2D eigenvalue weighted by Crippen LogP contribution is 2.25. The van der Waals surface area contributed by atoms with Crippen LogP contribution in [0.2, 0.25) is 5.02 Å². The highest BCUT2D eigenvalue weighted by molar-refractivity contribution is 6.30. The number of hydrogen-bond donors (Lipinski definition) is 0. The van der Waals surface area contributed by atoms with Gasteiger partial charge in [0, 0.05) is 24.0 Å². The van der Waals surface area contributed by atoms with Crippen LogP contribution in [0.15, 0.2) is 42.7 Å². The number of aromatic nitrogens is 1. The molecule has 0 radical (unpaired) electrons. The zero-order chi connectivity index (χ0) is 16.2. The van der Waals surface area contributed by atoms with Crippen molar-refractivity contribution >= 4 is 17.5 Å². The molecule has 0 N–H and O–H groups in total. The van der Waals surface area contributed by atoms with E-state index in [1.807, 2.05) is 18.2 Å². The smallest absolute Gasteiger partial charge is 0.256 e. The Balaban J connectivity index is 1.79. The molecule has 1 aromatic carbocycles. The van der Waals surface area contributed by atoms with Gasteiger partial charge in [0.15, 0.2) is 0 Å². The van der Waals surface area contributed by atoms with E-state index in [9.17, 15) is 4.79 Å². The molecule has 1 aromatic heterocycles. The van der Waals surface area contributed by atoms with Gasteiger partial charge in [-0.05, 0) is 23.8 Å². The number of morpholine rings is 1. The zero-order valence-electron chi connectivity index (χ0n) is 12.3. The van der Waals surface area contributed by atoms with Crippen molar-refractivity contribution in [2.75, 3.05) is 19.7 Å². The molecule has 6 heteroatoms. The summed E-state index contributed by atoms with van der Waals surface area (Å²) in [5.41, 5.74) is 1.63. The highest BCUT2D eigenvalue weighted by atomic mass is 35.5.